The summed E-state index contributed by atoms with van der Waals surface area (Å²) in [5.41, 5.74) is 7.16. The third kappa shape index (κ3) is 3.84. The molecule has 2 atom stereocenters. The summed E-state index contributed by atoms with van der Waals surface area (Å²) in [5, 5.41) is 7.26. The van der Waals surface area contributed by atoms with E-state index in [-0.39, 0.29) is 17.7 Å². The average Bonchev–Trinajstić information content (AvgIpc) is 3.00. The summed E-state index contributed by atoms with van der Waals surface area (Å²) in [4.78, 5) is 13.7. The molecule has 3 aromatic rings. The maximum absolute atomic E-state index is 13.7. The van der Waals surface area contributed by atoms with E-state index in [0.29, 0.717) is 17.9 Å². The third-order valence-electron chi connectivity index (χ3n) is 6.69. The van der Waals surface area contributed by atoms with E-state index in [1.165, 1.54) is 0 Å². The number of fused-ring (bicyclic) bond motifs is 1. The van der Waals surface area contributed by atoms with Crippen molar-refractivity contribution >= 4 is 17.2 Å². The van der Waals surface area contributed by atoms with Gasteiger partial charge in [0.05, 0.1) is 31.6 Å². The van der Waals surface area contributed by atoms with Crippen LogP contribution in [0, 0.1) is 6.92 Å². The van der Waals surface area contributed by atoms with Gasteiger partial charge in [-0.3, -0.25) is 4.79 Å². The number of methoxy groups -OCH3 is 2. The summed E-state index contributed by atoms with van der Waals surface area (Å²) in [6.45, 7) is 2.10. The van der Waals surface area contributed by atoms with E-state index in [0.717, 1.165) is 45.8 Å². The monoisotopic (exact) mass is 440 g/mol. The lowest BCUT2D eigenvalue weighted by Gasteiger charge is -2.30. The summed E-state index contributed by atoms with van der Waals surface area (Å²) in [6, 6.07) is 22.2. The number of hydrogen-bond donors (Lipinski definition) is 2. The number of hydrogen-bond acceptors (Lipinski definition) is 5. The van der Waals surface area contributed by atoms with Crippen LogP contribution in [-0.2, 0) is 4.79 Å². The van der Waals surface area contributed by atoms with Crippen LogP contribution in [0.3, 0.4) is 0 Å². The quantitative estimate of drug-likeness (QED) is 0.522. The zero-order valence-corrected chi connectivity index (χ0v) is 19.1. The molecule has 5 nitrogen and oxygen atoms in total. The van der Waals surface area contributed by atoms with E-state index in [1.54, 1.807) is 14.2 Å². The number of anilines is 2. The molecule has 0 spiro atoms. The molecule has 1 aliphatic heterocycles. The second-order valence-corrected chi connectivity index (χ2v) is 8.64. The Bertz CT molecular complexity index is 1250. The first-order chi connectivity index (χ1) is 16.1. The van der Waals surface area contributed by atoms with E-state index in [1.807, 2.05) is 42.5 Å². The molecule has 1 heterocycles. The molecular formula is C28H28N2O3. The number of ketones is 1. The molecule has 5 heteroatoms. The summed E-state index contributed by atoms with van der Waals surface area (Å²) >= 11 is 0. The number of nitrogens with one attached hydrogen (secondary N) is 2. The molecule has 1 aliphatic carbocycles. The Kier molecular flexibility index (Phi) is 5.55. The second kappa shape index (κ2) is 8.66. The molecule has 2 aliphatic rings. The zero-order chi connectivity index (χ0) is 22.9. The van der Waals surface area contributed by atoms with Gasteiger partial charge in [-0.25, -0.2) is 0 Å². The number of carbonyl (C=O) groups is 1. The SMILES string of the molecule is COc1ccc(C2CC(=O)C3=C(C2)Nc2ccccc2NC3c2ccccc2C)cc1OC. The van der Waals surface area contributed by atoms with Gasteiger partial charge >= 0.3 is 0 Å². The molecule has 168 valence electrons. The molecule has 0 radical (unpaired) electrons. The van der Waals surface area contributed by atoms with Crippen LogP contribution in [0.5, 0.6) is 11.5 Å². The first-order valence-electron chi connectivity index (χ1n) is 11.2. The molecule has 0 fully saturated rings. The van der Waals surface area contributed by atoms with Crippen LogP contribution in [0.15, 0.2) is 78.0 Å². The number of rotatable bonds is 4. The van der Waals surface area contributed by atoms with Crippen molar-refractivity contribution in [2.75, 3.05) is 24.9 Å². The van der Waals surface area contributed by atoms with Crippen LogP contribution in [0.2, 0.25) is 0 Å². The highest BCUT2D eigenvalue weighted by atomic mass is 16.5. The van der Waals surface area contributed by atoms with E-state index in [4.69, 9.17) is 9.47 Å². The van der Waals surface area contributed by atoms with Crippen LogP contribution in [0.4, 0.5) is 11.4 Å². The van der Waals surface area contributed by atoms with Gasteiger partial charge in [0.25, 0.3) is 0 Å². The molecule has 33 heavy (non-hydrogen) atoms. The minimum absolute atomic E-state index is 0.0614. The number of aryl methyl sites for hydroxylation is 1. The lowest BCUT2D eigenvalue weighted by molar-refractivity contribution is -0.116. The average molecular weight is 441 g/mol. The van der Waals surface area contributed by atoms with Crippen LogP contribution >= 0.6 is 0 Å². The molecule has 5 rings (SSSR count). The van der Waals surface area contributed by atoms with Gasteiger partial charge in [-0.15, -0.1) is 0 Å². The Morgan fingerprint density at radius 3 is 2.33 bits per heavy atom. The molecule has 0 saturated carbocycles. The van der Waals surface area contributed by atoms with Gasteiger partial charge in [-0.05, 0) is 60.2 Å². The van der Waals surface area contributed by atoms with Gasteiger partial charge in [0, 0.05) is 17.7 Å². The topological polar surface area (TPSA) is 59.6 Å². The van der Waals surface area contributed by atoms with Gasteiger partial charge < -0.3 is 20.1 Å². The van der Waals surface area contributed by atoms with Crippen molar-refractivity contribution in [1.29, 1.82) is 0 Å². The van der Waals surface area contributed by atoms with Gasteiger partial charge in [0.15, 0.2) is 17.3 Å². The first kappa shape index (κ1) is 21.1. The molecule has 0 amide bonds. The molecule has 2 unspecified atom stereocenters. The van der Waals surface area contributed by atoms with Crippen LogP contribution < -0.4 is 20.1 Å². The van der Waals surface area contributed by atoms with Crippen molar-refractivity contribution in [2.45, 2.75) is 31.7 Å². The predicted octanol–water partition coefficient (Wildman–Crippen LogP) is 5.99. The van der Waals surface area contributed by atoms with E-state index >= 15 is 0 Å². The van der Waals surface area contributed by atoms with Gasteiger partial charge in [0.2, 0.25) is 0 Å². The summed E-state index contributed by atoms with van der Waals surface area (Å²) in [6.07, 6.45) is 1.20. The predicted molar refractivity (Wildman–Crippen MR) is 131 cm³/mol. The lowest BCUT2D eigenvalue weighted by atomic mass is 9.78. The summed E-state index contributed by atoms with van der Waals surface area (Å²) in [5.74, 6) is 1.60. The highest BCUT2D eigenvalue weighted by molar-refractivity contribution is 6.01. The molecule has 0 saturated heterocycles. The van der Waals surface area contributed by atoms with Gasteiger partial charge in [-0.1, -0.05) is 42.5 Å². The fourth-order valence-corrected chi connectivity index (χ4v) is 4.98. The first-order valence-corrected chi connectivity index (χ1v) is 11.2. The van der Waals surface area contributed by atoms with E-state index in [9.17, 15) is 4.79 Å². The Balaban J connectivity index is 1.59. The number of allylic oxidation sites excluding steroid dienone is 1. The van der Waals surface area contributed by atoms with Crippen molar-refractivity contribution in [3.8, 4) is 11.5 Å². The Morgan fingerprint density at radius 2 is 1.58 bits per heavy atom. The molecule has 2 N–H and O–H groups in total. The van der Waals surface area contributed by atoms with Crippen LogP contribution in [-0.4, -0.2) is 20.0 Å². The number of Topliss-reactive ketones (excluding diaryl/α,β-unsaturated/α-hetero) is 1. The normalized spacial score (nSPS) is 19.5. The molecule has 0 bridgehead atoms. The Labute approximate surface area is 194 Å². The van der Waals surface area contributed by atoms with Crippen molar-refractivity contribution in [1.82, 2.24) is 0 Å². The fourth-order valence-electron chi connectivity index (χ4n) is 4.98. The van der Waals surface area contributed by atoms with Crippen LogP contribution in [0.1, 0.15) is 41.5 Å². The van der Waals surface area contributed by atoms with E-state index in [2.05, 4.69) is 41.8 Å². The number of ether oxygens (including phenoxy) is 2. The number of para-hydroxylation sites is 2. The molecule has 3 aromatic carbocycles. The van der Waals surface area contributed by atoms with Crippen molar-refractivity contribution < 1.29 is 14.3 Å². The fraction of sp³-hybridized carbons (Fsp3) is 0.250. The minimum atomic E-state index is -0.198. The third-order valence-corrected chi connectivity index (χ3v) is 6.69. The maximum atomic E-state index is 13.7. The minimum Gasteiger partial charge on any atom is -0.493 e. The standard InChI is InChI=1S/C28H28N2O3/c1-17-8-4-5-9-20(17)28-27-23(29-21-10-6-7-11-22(21)30-28)14-19(15-24(27)31)18-12-13-25(32-2)26(16-18)33-3/h4-13,16,19,28-30H,14-15H2,1-3H3. The number of benzene rings is 3. The van der Waals surface area contributed by atoms with Gasteiger partial charge in [-0.2, -0.15) is 0 Å². The molecular weight excluding hydrogens is 412 g/mol. The summed E-state index contributed by atoms with van der Waals surface area (Å²) in [7, 11) is 3.26. The Hall–Kier alpha value is -3.73. The van der Waals surface area contributed by atoms with Crippen LogP contribution in [0.25, 0.3) is 0 Å². The second-order valence-electron chi connectivity index (χ2n) is 8.64. The Morgan fingerprint density at radius 1 is 0.848 bits per heavy atom. The van der Waals surface area contributed by atoms with Crippen molar-refractivity contribution in [2.24, 2.45) is 0 Å². The summed E-state index contributed by atoms with van der Waals surface area (Å²) < 4.78 is 10.9. The van der Waals surface area contributed by atoms with Crippen molar-refractivity contribution in [3.05, 3.63) is 94.7 Å². The van der Waals surface area contributed by atoms with Crippen molar-refractivity contribution in [3.63, 3.8) is 0 Å². The number of carbonyl (C=O) groups excluding carboxylic acids is 1. The van der Waals surface area contributed by atoms with E-state index < -0.39 is 0 Å². The lowest BCUT2D eigenvalue weighted by Crippen LogP contribution is -2.27. The smallest absolute Gasteiger partial charge is 0.163 e. The maximum Gasteiger partial charge on any atom is 0.163 e. The van der Waals surface area contributed by atoms with Gasteiger partial charge in [0.1, 0.15) is 0 Å². The highest BCUT2D eigenvalue weighted by Gasteiger charge is 2.36. The molecule has 0 aromatic heterocycles. The zero-order valence-electron chi connectivity index (χ0n) is 19.1. The largest absolute Gasteiger partial charge is 0.493 e. The highest BCUT2D eigenvalue weighted by Crippen LogP contribution is 2.45.